The fraction of sp³-hybridized carbons (Fsp3) is 0.615. The fourth-order valence-electron chi connectivity index (χ4n) is 1.46. The summed E-state index contributed by atoms with van der Waals surface area (Å²) in [5.41, 5.74) is 0.994. The van der Waals surface area contributed by atoms with E-state index in [1.165, 1.54) is 0 Å². The molecule has 0 spiro atoms. The van der Waals surface area contributed by atoms with Crippen molar-refractivity contribution >= 4 is 21.7 Å². The first kappa shape index (κ1) is 14.5. The van der Waals surface area contributed by atoms with Gasteiger partial charge in [-0.1, -0.05) is 13.8 Å². The molecule has 1 rings (SSSR count). The van der Waals surface area contributed by atoms with E-state index in [1.807, 2.05) is 26.0 Å². The van der Waals surface area contributed by atoms with Gasteiger partial charge in [-0.15, -0.1) is 0 Å². The lowest BCUT2D eigenvalue weighted by Crippen LogP contribution is -2.31. The molecule has 1 atom stereocenters. The van der Waals surface area contributed by atoms with Crippen LogP contribution in [0.25, 0.3) is 0 Å². The lowest BCUT2D eigenvalue weighted by Gasteiger charge is -2.22. The Bertz CT molecular complexity index is 355. The van der Waals surface area contributed by atoms with E-state index in [4.69, 9.17) is 4.74 Å². The number of aryl methyl sites for hydroxylation is 1. The summed E-state index contributed by atoms with van der Waals surface area (Å²) >= 11 is 3.45. The minimum Gasteiger partial charge on any atom is -0.380 e. The normalized spacial score (nSPS) is 12.8. The highest BCUT2D eigenvalue weighted by molar-refractivity contribution is 9.10. The standard InChI is InChI=1S/C13H21BrN2O/c1-5-17-8-12(9(2)3)16-13-7-6-11(14)10(4)15-13/h6-7,9,12H,5,8H2,1-4H3,(H,15,16). The average Bonchev–Trinajstić information content (AvgIpc) is 2.28. The molecule has 0 saturated carbocycles. The molecule has 0 fully saturated rings. The van der Waals surface area contributed by atoms with E-state index in [9.17, 15) is 0 Å². The lowest BCUT2D eigenvalue weighted by atomic mass is 10.1. The van der Waals surface area contributed by atoms with Crippen molar-refractivity contribution in [3.05, 3.63) is 22.3 Å². The molecule has 4 heteroatoms. The first-order chi connectivity index (χ1) is 8.04. The summed E-state index contributed by atoms with van der Waals surface area (Å²) in [6.07, 6.45) is 0. The van der Waals surface area contributed by atoms with Crippen molar-refractivity contribution in [3.63, 3.8) is 0 Å². The average molecular weight is 301 g/mol. The molecule has 0 amide bonds. The molecule has 0 aliphatic rings. The van der Waals surface area contributed by atoms with Crippen molar-refractivity contribution in [2.45, 2.75) is 33.7 Å². The summed E-state index contributed by atoms with van der Waals surface area (Å²) in [6.45, 7) is 9.83. The third kappa shape index (κ3) is 4.64. The van der Waals surface area contributed by atoms with Crippen LogP contribution in [0.5, 0.6) is 0 Å². The smallest absolute Gasteiger partial charge is 0.126 e. The molecule has 1 unspecified atom stereocenters. The van der Waals surface area contributed by atoms with Gasteiger partial charge in [0.1, 0.15) is 5.82 Å². The van der Waals surface area contributed by atoms with Crippen LogP contribution in [-0.4, -0.2) is 24.2 Å². The SMILES string of the molecule is CCOCC(Nc1ccc(Br)c(C)n1)C(C)C. The molecule has 1 aromatic rings. The topological polar surface area (TPSA) is 34.1 Å². The predicted molar refractivity (Wildman–Crippen MR) is 75.4 cm³/mol. The summed E-state index contributed by atoms with van der Waals surface area (Å²) in [7, 11) is 0. The van der Waals surface area contributed by atoms with Crippen LogP contribution in [0, 0.1) is 12.8 Å². The van der Waals surface area contributed by atoms with E-state index in [2.05, 4.69) is 40.1 Å². The molecule has 3 nitrogen and oxygen atoms in total. The van der Waals surface area contributed by atoms with Crippen molar-refractivity contribution in [1.29, 1.82) is 0 Å². The van der Waals surface area contributed by atoms with Gasteiger partial charge in [-0.3, -0.25) is 0 Å². The van der Waals surface area contributed by atoms with Crippen LogP contribution in [0.4, 0.5) is 5.82 Å². The Labute approximate surface area is 112 Å². The Morgan fingerprint density at radius 3 is 2.65 bits per heavy atom. The Morgan fingerprint density at radius 1 is 1.41 bits per heavy atom. The first-order valence-electron chi connectivity index (χ1n) is 6.02. The van der Waals surface area contributed by atoms with Crippen molar-refractivity contribution < 1.29 is 4.74 Å². The number of rotatable bonds is 6. The summed E-state index contributed by atoms with van der Waals surface area (Å²) in [6, 6.07) is 4.30. The molecule has 1 N–H and O–H groups in total. The maximum Gasteiger partial charge on any atom is 0.126 e. The van der Waals surface area contributed by atoms with Crippen LogP contribution < -0.4 is 5.32 Å². The number of hydrogen-bond acceptors (Lipinski definition) is 3. The Balaban J connectivity index is 2.68. The number of hydrogen-bond donors (Lipinski definition) is 1. The molecule has 0 aliphatic heterocycles. The van der Waals surface area contributed by atoms with Crippen LogP contribution in [0.15, 0.2) is 16.6 Å². The Hall–Kier alpha value is -0.610. The van der Waals surface area contributed by atoms with E-state index >= 15 is 0 Å². The largest absolute Gasteiger partial charge is 0.380 e. The van der Waals surface area contributed by atoms with Crippen molar-refractivity contribution in [2.24, 2.45) is 5.92 Å². The van der Waals surface area contributed by atoms with Crippen LogP contribution in [-0.2, 0) is 4.74 Å². The maximum atomic E-state index is 5.48. The van der Waals surface area contributed by atoms with E-state index < -0.39 is 0 Å². The highest BCUT2D eigenvalue weighted by Gasteiger charge is 2.14. The number of pyridine rings is 1. The number of anilines is 1. The zero-order chi connectivity index (χ0) is 12.8. The van der Waals surface area contributed by atoms with Gasteiger partial charge in [0, 0.05) is 11.1 Å². The molecule has 1 heterocycles. The van der Waals surface area contributed by atoms with Crippen LogP contribution in [0.3, 0.4) is 0 Å². The predicted octanol–water partition coefficient (Wildman–Crippen LogP) is 3.63. The minimum absolute atomic E-state index is 0.294. The van der Waals surface area contributed by atoms with Crippen LogP contribution in [0.1, 0.15) is 26.5 Å². The summed E-state index contributed by atoms with van der Waals surface area (Å²) in [5.74, 6) is 1.41. The van der Waals surface area contributed by atoms with Gasteiger partial charge in [-0.25, -0.2) is 4.98 Å². The Morgan fingerprint density at radius 2 is 2.12 bits per heavy atom. The van der Waals surface area contributed by atoms with Crippen molar-refractivity contribution in [3.8, 4) is 0 Å². The zero-order valence-electron chi connectivity index (χ0n) is 11.0. The van der Waals surface area contributed by atoms with Gasteiger partial charge in [0.2, 0.25) is 0 Å². The second-order valence-corrected chi connectivity index (χ2v) is 5.27. The second kappa shape index (κ2) is 6.97. The molecule has 0 bridgehead atoms. The number of nitrogens with zero attached hydrogens (tertiary/aromatic N) is 1. The van der Waals surface area contributed by atoms with Gasteiger partial charge in [-0.2, -0.15) is 0 Å². The molecular weight excluding hydrogens is 280 g/mol. The van der Waals surface area contributed by atoms with Gasteiger partial charge in [-0.05, 0) is 47.8 Å². The Kier molecular flexibility index (Phi) is 5.92. The lowest BCUT2D eigenvalue weighted by molar-refractivity contribution is 0.126. The molecule has 1 aromatic heterocycles. The van der Waals surface area contributed by atoms with E-state index in [0.717, 1.165) is 22.6 Å². The third-order valence-corrected chi connectivity index (χ3v) is 3.50. The highest BCUT2D eigenvalue weighted by Crippen LogP contribution is 2.18. The summed E-state index contributed by atoms with van der Waals surface area (Å²) in [4.78, 5) is 4.49. The first-order valence-corrected chi connectivity index (χ1v) is 6.81. The van der Waals surface area contributed by atoms with Crippen molar-refractivity contribution in [2.75, 3.05) is 18.5 Å². The molecular formula is C13H21BrN2O. The van der Waals surface area contributed by atoms with Gasteiger partial charge in [0.25, 0.3) is 0 Å². The van der Waals surface area contributed by atoms with E-state index in [-0.39, 0.29) is 0 Å². The highest BCUT2D eigenvalue weighted by atomic mass is 79.9. The fourth-order valence-corrected chi connectivity index (χ4v) is 1.68. The summed E-state index contributed by atoms with van der Waals surface area (Å²) < 4.78 is 6.52. The molecule has 17 heavy (non-hydrogen) atoms. The molecule has 96 valence electrons. The molecule has 0 aromatic carbocycles. The van der Waals surface area contributed by atoms with Gasteiger partial charge < -0.3 is 10.1 Å². The summed E-state index contributed by atoms with van der Waals surface area (Å²) in [5, 5.41) is 3.42. The monoisotopic (exact) mass is 300 g/mol. The third-order valence-electron chi connectivity index (χ3n) is 2.66. The number of ether oxygens (including phenoxy) is 1. The van der Waals surface area contributed by atoms with Crippen molar-refractivity contribution in [1.82, 2.24) is 4.98 Å². The quantitative estimate of drug-likeness (QED) is 0.871. The van der Waals surface area contributed by atoms with E-state index in [1.54, 1.807) is 0 Å². The van der Waals surface area contributed by atoms with Gasteiger partial charge >= 0.3 is 0 Å². The maximum absolute atomic E-state index is 5.48. The molecule has 0 radical (unpaired) electrons. The second-order valence-electron chi connectivity index (χ2n) is 4.42. The molecule has 0 aliphatic carbocycles. The minimum atomic E-state index is 0.294. The van der Waals surface area contributed by atoms with Gasteiger partial charge in [0.15, 0.2) is 0 Å². The van der Waals surface area contributed by atoms with E-state index in [0.29, 0.717) is 18.6 Å². The molecule has 0 saturated heterocycles. The number of halogens is 1. The zero-order valence-corrected chi connectivity index (χ0v) is 12.5. The number of nitrogens with one attached hydrogen (secondary N) is 1. The van der Waals surface area contributed by atoms with Crippen LogP contribution >= 0.6 is 15.9 Å². The van der Waals surface area contributed by atoms with Gasteiger partial charge in [0.05, 0.1) is 18.3 Å². The van der Waals surface area contributed by atoms with Crippen LogP contribution in [0.2, 0.25) is 0 Å². The number of aromatic nitrogens is 1.